The van der Waals surface area contributed by atoms with E-state index in [-0.39, 0.29) is 11.1 Å². The lowest BCUT2D eigenvalue weighted by Gasteiger charge is -2.06. The van der Waals surface area contributed by atoms with Crippen LogP contribution in [0.15, 0.2) is 48.9 Å². The number of halogens is 1. The van der Waals surface area contributed by atoms with Gasteiger partial charge in [-0.15, -0.1) is 5.10 Å². The average molecular weight is 301 g/mol. The third-order valence-electron chi connectivity index (χ3n) is 2.73. The van der Waals surface area contributed by atoms with Gasteiger partial charge in [0.15, 0.2) is 0 Å². The standard InChI is InChI=1S/C13H9ClN6O/c14-12-7-9(5-6-15-12)13(21)17-10-1-3-11(4-2-10)20-8-16-18-19-20/h1-8H,(H,17,21). The summed E-state index contributed by atoms with van der Waals surface area (Å²) in [6, 6.07) is 10.2. The predicted molar refractivity (Wildman–Crippen MR) is 76.4 cm³/mol. The molecule has 8 heteroatoms. The number of hydrogen-bond donors (Lipinski definition) is 1. The molecule has 1 amide bonds. The van der Waals surface area contributed by atoms with E-state index >= 15 is 0 Å². The lowest BCUT2D eigenvalue weighted by molar-refractivity contribution is 0.102. The highest BCUT2D eigenvalue weighted by Gasteiger charge is 2.07. The molecule has 0 saturated carbocycles. The molecule has 0 aliphatic rings. The van der Waals surface area contributed by atoms with E-state index in [1.807, 2.05) is 0 Å². The molecule has 0 spiro atoms. The Kier molecular flexibility index (Phi) is 3.57. The van der Waals surface area contributed by atoms with Gasteiger partial charge < -0.3 is 5.32 Å². The first kappa shape index (κ1) is 13.2. The molecule has 0 aliphatic heterocycles. The number of pyridine rings is 1. The molecule has 1 N–H and O–H groups in total. The second-order valence-electron chi connectivity index (χ2n) is 4.12. The minimum Gasteiger partial charge on any atom is -0.322 e. The molecule has 0 fully saturated rings. The first-order valence-electron chi connectivity index (χ1n) is 5.99. The topological polar surface area (TPSA) is 85.6 Å². The van der Waals surface area contributed by atoms with Gasteiger partial charge in [-0.3, -0.25) is 4.79 Å². The zero-order valence-corrected chi connectivity index (χ0v) is 11.4. The van der Waals surface area contributed by atoms with Crippen molar-refractivity contribution >= 4 is 23.2 Å². The Morgan fingerprint density at radius 3 is 2.67 bits per heavy atom. The summed E-state index contributed by atoms with van der Waals surface area (Å²) in [5.41, 5.74) is 1.90. The Morgan fingerprint density at radius 1 is 1.19 bits per heavy atom. The van der Waals surface area contributed by atoms with Crippen LogP contribution < -0.4 is 5.32 Å². The maximum Gasteiger partial charge on any atom is 0.255 e. The van der Waals surface area contributed by atoms with Crippen LogP contribution in [0, 0.1) is 0 Å². The summed E-state index contributed by atoms with van der Waals surface area (Å²) in [5.74, 6) is -0.255. The summed E-state index contributed by atoms with van der Waals surface area (Å²) < 4.78 is 1.52. The van der Waals surface area contributed by atoms with Crippen molar-refractivity contribution in [2.24, 2.45) is 0 Å². The maximum absolute atomic E-state index is 12.0. The number of carbonyl (C=O) groups is 1. The fraction of sp³-hybridized carbons (Fsp3) is 0. The number of benzene rings is 1. The second-order valence-corrected chi connectivity index (χ2v) is 4.51. The molecule has 2 aromatic heterocycles. The third kappa shape index (κ3) is 3.03. The van der Waals surface area contributed by atoms with Crippen LogP contribution in [-0.2, 0) is 0 Å². The van der Waals surface area contributed by atoms with Gasteiger partial charge in [-0.05, 0) is 46.8 Å². The van der Waals surface area contributed by atoms with Crippen LogP contribution in [0.25, 0.3) is 5.69 Å². The Balaban J connectivity index is 1.75. The molecule has 0 radical (unpaired) electrons. The van der Waals surface area contributed by atoms with E-state index in [2.05, 4.69) is 25.8 Å². The Bertz CT molecular complexity index is 757. The van der Waals surface area contributed by atoms with Gasteiger partial charge in [0.2, 0.25) is 0 Å². The van der Waals surface area contributed by atoms with E-state index in [1.165, 1.54) is 23.3 Å². The van der Waals surface area contributed by atoms with E-state index in [1.54, 1.807) is 30.3 Å². The first-order chi connectivity index (χ1) is 10.2. The monoisotopic (exact) mass is 300 g/mol. The van der Waals surface area contributed by atoms with Gasteiger partial charge in [0.1, 0.15) is 11.5 Å². The van der Waals surface area contributed by atoms with Gasteiger partial charge in [-0.25, -0.2) is 9.67 Å². The number of nitrogens with one attached hydrogen (secondary N) is 1. The van der Waals surface area contributed by atoms with Crippen molar-refractivity contribution in [3.05, 3.63) is 59.6 Å². The van der Waals surface area contributed by atoms with Crippen molar-refractivity contribution in [2.75, 3.05) is 5.32 Å². The van der Waals surface area contributed by atoms with E-state index < -0.39 is 0 Å². The molecular weight excluding hydrogens is 292 g/mol. The largest absolute Gasteiger partial charge is 0.322 e. The molecule has 104 valence electrons. The number of tetrazole rings is 1. The normalized spacial score (nSPS) is 10.3. The van der Waals surface area contributed by atoms with Crippen LogP contribution in [0.2, 0.25) is 5.15 Å². The molecule has 0 saturated heterocycles. The quantitative estimate of drug-likeness (QED) is 0.747. The molecule has 7 nitrogen and oxygen atoms in total. The number of rotatable bonds is 3. The van der Waals surface area contributed by atoms with Gasteiger partial charge in [-0.1, -0.05) is 11.6 Å². The van der Waals surface area contributed by atoms with E-state index in [9.17, 15) is 4.79 Å². The average Bonchev–Trinajstić information content (AvgIpc) is 3.02. The zero-order valence-electron chi connectivity index (χ0n) is 10.6. The number of amides is 1. The lowest BCUT2D eigenvalue weighted by Crippen LogP contribution is -2.12. The van der Waals surface area contributed by atoms with E-state index in [0.29, 0.717) is 11.3 Å². The van der Waals surface area contributed by atoms with Gasteiger partial charge in [-0.2, -0.15) is 0 Å². The number of carbonyl (C=O) groups excluding carboxylic acids is 1. The van der Waals surface area contributed by atoms with Gasteiger partial charge in [0, 0.05) is 17.4 Å². The fourth-order valence-corrected chi connectivity index (χ4v) is 1.90. The van der Waals surface area contributed by atoms with E-state index in [0.717, 1.165) is 5.69 Å². The van der Waals surface area contributed by atoms with Crippen LogP contribution in [0.4, 0.5) is 5.69 Å². The minimum absolute atomic E-state index is 0.255. The minimum atomic E-state index is -0.255. The van der Waals surface area contributed by atoms with Crippen LogP contribution in [-0.4, -0.2) is 31.1 Å². The van der Waals surface area contributed by atoms with Gasteiger partial charge in [0.25, 0.3) is 5.91 Å². The van der Waals surface area contributed by atoms with Crippen LogP contribution in [0.3, 0.4) is 0 Å². The van der Waals surface area contributed by atoms with Crippen molar-refractivity contribution in [3.8, 4) is 5.69 Å². The number of aromatic nitrogens is 5. The smallest absolute Gasteiger partial charge is 0.255 e. The van der Waals surface area contributed by atoms with Gasteiger partial charge in [0.05, 0.1) is 5.69 Å². The fourth-order valence-electron chi connectivity index (χ4n) is 1.72. The molecule has 0 bridgehead atoms. The molecule has 3 aromatic rings. The van der Waals surface area contributed by atoms with Crippen molar-refractivity contribution in [3.63, 3.8) is 0 Å². The summed E-state index contributed by atoms with van der Waals surface area (Å²) in [5, 5.41) is 14.0. The van der Waals surface area contributed by atoms with Crippen LogP contribution >= 0.6 is 11.6 Å². The molecule has 0 atom stereocenters. The summed E-state index contributed by atoms with van der Waals surface area (Å²) in [6.07, 6.45) is 2.98. The number of anilines is 1. The Labute approximate surface area is 124 Å². The van der Waals surface area contributed by atoms with Crippen molar-refractivity contribution in [2.45, 2.75) is 0 Å². The second kappa shape index (κ2) is 5.68. The van der Waals surface area contributed by atoms with Gasteiger partial charge >= 0.3 is 0 Å². The molecule has 21 heavy (non-hydrogen) atoms. The summed E-state index contributed by atoms with van der Waals surface area (Å²) >= 11 is 5.76. The lowest BCUT2D eigenvalue weighted by atomic mass is 10.2. The molecule has 2 heterocycles. The highest BCUT2D eigenvalue weighted by molar-refractivity contribution is 6.29. The highest BCUT2D eigenvalue weighted by Crippen LogP contribution is 2.14. The number of hydrogen-bond acceptors (Lipinski definition) is 5. The molecule has 1 aromatic carbocycles. The molecule has 0 unspecified atom stereocenters. The summed E-state index contributed by atoms with van der Waals surface area (Å²) in [6.45, 7) is 0. The SMILES string of the molecule is O=C(Nc1ccc(-n2cnnn2)cc1)c1ccnc(Cl)c1. The highest BCUT2D eigenvalue weighted by atomic mass is 35.5. The van der Waals surface area contributed by atoms with Crippen LogP contribution in [0.5, 0.6) is 0 Å². The van der Waals surface area contributed by atoms with E-state index in [4.69, 9.17) is 11.6 Å². The number of nitrogens with zero attached hydrogens (tertiary/aromatic N) is 5. The van der Waals surface area contributed by atoms with Crippen molar-refractivity contribution in [1.29, 1.82) is 0 Å². The zero-order chi connectivity index (χ0) is 14.7. The van der Waals surface area contributed by atoms with Crippen LogP contribution in [0.1, 0.15) is 10.4 Å². The molecule has 0 aliphatic carbocycles. The summed E-state index contributed by atoms with van der Waals surface area (Å²) in [7, 11) is 0. The maximum atomic E-state index is 12.0. The summed E-state index contributed by atoms with van der Waals surface area (Å²) in [4.78, 5) is 15.9. The molecular formula is C13H9ClN6O. The Morgan fingerprint density at radius 2 is 2.00 bits per heavy atom. The first-order valence-corrected chi connectivity index (χ1v) is 6.36. The molecule has 3 rings (SSSR count). The third-order valence-corrected chi connectivity index (χ3v) is 2.93. The van der Waals surface area contributed by atoms with Crippen molar-refractivity contribution < 1.29 is 4.79 Å². The Hall–Kier alpha value is -2.80. The predicted octanol–water partition coefficient (Wildman–Crippen LogP) is 1.96. The van der Waals surface area contributed by atoms with Crippen molar-refractivity contribution in [1.82, 2.24) is 25.2 Å².